The summed E-state index contributed by atoms with van der Waals surface area (Å²) < 4.78 is 1.08. The lowest BCUT2D eigenvalue weighted by Crippen LogP contribution is -1.94. The maximum Gasteiger partial charge on any atom is 0.0762 e. The molecule has 0 heterocycles. The van der Waals surface area contributed by atoms with Gasteiger partial charge in [0, 0.05) is 14.6 Å². The quantitative estimate of drug-likeness (QED) is 0.829. The predicted octanol–water partition coefficient (Wildman–Crippen LogP) is 4.39. The summed E-state index contributed by atoms with van der Waals surface area (Å²) in [4.78, 5) is 1.24. The third-order valence-electron chi connectivity index (χ3n) is 2.34. The molecule has 0 aliphatic carbocycles. The van der Waals surface area contributed by atoms with E-state index in [1.165, 1.54) is 4.90 Å². The average molecular weight is 289 g/mol. The van der Waals surface area contributed by atoms with Gasteiger partial charge in [0.1, 0.15) is 0 Å². The Morgan fingerprint density at radius 2 is 2.07 bits per heavy atom. The van der Waals surface area contributed by atoms with Crippen LogP contribution < -0.4 is 0 Å². The first-order valence-electron chi connectivity index (χ1n) is 5.18. The lowest BCUT2D eigenvalue weighted by atomic mass is 10.1. The van der Waals surface area contributed by atoms with E-state index in [4.69, 9.17) is 0 Å². The van der Waals surface area contributed by atoms with Crippen LogP contribution in [0.1, 0.15) is 38.9 Å². The van der Waals surface area contributed by atoms with Crippen LogP contribution in [0.5, 0.6) is 0 Å². The van der Waals surface area contributed by atoms with Crippen molar-refractivity contribution in [1.82, 2.24) is 0 Å². The van der Waals surface area contributed by atoms with Gasteiger partial charge in [-0.25, -0.2) is 0 Å². The molecule has 0 radical (unpaired) electrons. The molecule has 2 atom stereocenters. The first-order valence-corrected chi connectivity index (χ1v) is 6.86. The van der Waals surface area contributed by atoms with Crippen LogP contribution >= 0.6 is 27.7 Å². The zero-order valence-electron chi connectivity index (χ0n) is 9.33. The second kappa shape index (κ2) is 5.92. The number of hydrogen-bond acceptors (Lipinski definition) is 2. The Morgan fingerprint density at radius 3 is 2.53 bits per heavy atom. The fraction of sp³-hybridized carbons (Fsp3) is 0.500. The Balaban J connectivity index is 2.83. The zero-order valence-corrected chi connectivity index (χ0v) is 11.7. The standard InChI is InChI=1S/C12H17BrOS/c1-4-8(2)15-12-6-5-10(9(3)14)7-11(12)13/h5-9,14H,4H2,1-3H3. The van der Waals surface area contributed by atoms with E-state index >= 15 is 0 Å². The van der Waals surface area contributed by atoms with E-state index in [1.54, 1.807) is 6.92 Å². The van der Waals surface area contributed by atoms with Gasteiger partial charge in [-0.2, -0.15) is 0 Å². The Hall–Kier alpha value is 0.01000. The molecule has 15 heavy (non-hydrogen) atoms. The van der Waals surface area contributed by atoms with Crippen molar-refractivity contribution >= 4 is 27.7 Å². The van der Waals surface area contributed by atoms with Crippen LogP contribution in [0, 0.1) is 0 Å². The largest absolute Gasteiger partial charge is 0.389 e. The highest BCUT2D eigenvalue weighted by molar-refractivity contribution is 9.10. The van der Waals surface area contributed by atoms with Gasteiger partial charge in [-0.1, -0.05) is 19.9 Å². The van der Waals surface area contributed by atoms with Gasteiger partial charge in [0.2, 0.25) is 0 Å². The van der Waals surface area contributed by atoms with Gasteiger partial charge in [0.25, 0.3) is 0 Å². The molecule has 0 bridgehead atoms. The summed E-state index contributed by atoms with van der Waals surface area (Å²) in [6, 6.07) is 6.05. The summed E-state index contributed by atoms with van der Waals surface area (Å²) in [6.45, 7) is 6.19. The first kappa shape index (κ1) is 13.1. The van der Waals surface area contributed by atoms with Crippen molar-refractivity contribution in [3.05, 3.63) is 28.2 Å². The van der Waals surface area contributed by atoms with Crippen molar-refractivity contribution in [3.63, 3.8) is 0 Å². The molecule has 0 amide bonds. The first-order chi connectivity index (χ1) is 7.04. The Labute approximate surface area is 104 Å². The average Bonchev–Trinajstić information content (AvgIpc) is 2.20. The second-order valence-corrected chi connectivity index (χ2v) is 6.04. The summed E-state index contributed by atoms with van der Waals surface area (Å²) in [5, 5.41) is 10.1. The van der Waals surface area contributed by atoms with E-state index in [9.17, 15) is 5.11 Å². The summed E-state index contributed by atoms with van der Waals surface area (Å²) in [7, 11) is 0. The lowest BCUT2D eigenvalue weighted by molar-refractivity contribution is 0.199. The third kappa shape index (κ3) is 3.82. The van der Waals surface area contributed by atoms with E-state index in [0.29, 0.717) is 5.25 Å². The highest BCUT2D eigenvalue weighted by atomic mass is 79.9. The molecule has 0 spiro atoms. The van der Waals surface area contributed by atoms with Crippen molar-refractivity contribution in [2.24, 2.45) is 0 Å². The van der Waals surface area contributed by atoms with Crippen molar-refractivity contribution < 1.29 is 5.11 Å². The van der Waals surface area contributed by atoms with Crippen molar-refractivity contribution in [2.75, 3.05) is 0 Å². The summed E-state index contributed by atoms with van der Waals surface area (Å²) in [5.41, 5.74) is 0.954. The van der Waals surface area contributed by atoms with Gasteiger partial charge in [0.05, 0.1) is 6.10 Å². The normalized spacial score (nSPS) is 15.0. The molecular formula is C12H17BrOS. The highest BCUT2D eigenvalue weighted by Gasteiger charge is 2.08. The van der Waals surface area contributed by atoms with Gasteiger partial charge in [-0.15, -0.1) is 11.8 Å². The Morgan fingerprint density at radius 1 is 1.40 bits per heavy atom. The predicted molar refractivity (Wildman–Crippen MR) is 70.4 cm³/mol. The van der Waals surface area contributed by atoms with Gasteiger partial charge in [-0.05, 0) is 47.0 Å². The molecule has 0 fully saturated rings. The van der Waals surface area contributed by atoms with Gasteiger partial charge in [0.15, 0.2) is 0 Å². The molecule has 1 aromatic carbocycles. The van der Waals surface area contributed by atoms with Crippen LogP contribution in [0.4, 0.5) is 0 Å². The lowest BCUT2D eigenvalue weighted by Gasteiger charge is -2.12. The van der Waals surface area contributed by atoms with E-state index in [-0.39, 0.29) is 0 Å². The number of aliphatic hydroxyl groups is 1. The molecule has 0 aromatic heterocycles. The maximum atomic E-state index is 9.44. The van der Waals surface area contributed by atoms with Crippen LogP contribution in [0.15, 0.2) is 27.6 Å². The van der Waals surface area contributed by atoms with Crippen LogP contribution in [0.3, 0.4) is 0 Å². The monoisotopic (exact) mass is 288 g/mol. The molecule has 0 aliphatic rings. The molecule has 0 saturated carbocycles. The Kier molecular flexibility index (Phi) is 5.16. The number of thioether (sulfide) groups is 1. The van der Waals surface area contributed by atoms with Gasteiger partial charge in [-0.3, -0.25) is 0 Å². The molecule has 1 N–H and O–H groups in total. The number of halogens is 1. The minimum atomic E-state index is -0.399. The second-order valence-electron chi connectivity index (χ2n) is 3.70. The minimum Gasteiger partial charge on any atom is -0.389 e. The number of aliphatic hydroxyl groups excluding tert-OH is 1. The van der Waals surface area contributed by atoms with E-state index in [0.717, 1.165) is 16.5 Å². The van der Waals surface area contributed by atoms with Crippen molar-refractivity contribution in [2.45, 2.75) is 43.4 Å². The zero-order chi connectivity index (χ0) is 11.4. The topological polar surface area (TPSA) is 20.2 Å². The fourth-order valence-electron chi connectivity index (χ4n) is 1.17. The molecule has 3 heteroatoms. The van der Waals surface area contributed by atoms with E-state index < -0.39 is 6.10 Å². The summed E-state index contributed by atoms with van der Waals surface area (Å²) in [6.07, 6.45) is 0.763. The van der Waals surface area contributed by atoms with E-state index in [1.807, 2.05) is 23.9 Å². The fourth-order valence-corrected chi connectivity index (χ4v) is 2.77. The minimum absolute atomic E-state index is 0.399. The number of hydrogen-bond donors (Lipinski definition) is 1. The van der Waals surface area contributed by atoms with Crippen LogP contribution in [0.2, 0.25) is 0 Å². The van der Waals surface area contributed by atoms with Crippen LogP contribution in [-0.2, 0) is 0 Å². The highest BCUT2D eigenvalue weighted by Crippen LogP contribution is 2.33. The summed E-state index contributed by atoms with van der Waals surface area (Å²) in [5.74, 6) is 0. The number of rotatable bonds is 4. The SMILES string of the molecule is CCC(C)Sc1ccc(C(C)O)cc1Br. The van der Waals surface area contributed by atoms with Crippen LogP contribution in [0.25, 0.3) is 0 Å². The summed E-state index contributed by atoms with van der Waals surface area (Å²) >= 11 is 5.40. The molecule has 0 aliphatic heterocycles. The molecule has 1 rings (SSSR count). The molecule has 1 nitrogen and oxygen atoms in total. The molecule has 1 aromatic rings. The van der Waals surface area contributed by atoms with Crippen molar-refractivity contribution in [1.29, 1.82) is 0 Å². The van der Waals surface area contributed by atoms with E-state index in [2.05, 4.69) is 35.8 Å². The number of benzene rings is 1. The van der Waals surface area contributed by atoms with Gasteiger partial charge >= 0.3 is 0 Å². The molecular weight excluding hydrogens is 272 g/mol. The third-order valence-corrected chi connectivity index (χ3v) is 4.61. The smallest absolute Gasteiger partial charge is 0.0762 e. The van der Waals surface area contributed by atoms with Crippen LogP contribution in [-0.4, -0.2) is 10.4 Å². The maximum absolute atomic E-state index is 9.44. The van der Waals surface area contributed by atoms with Crippen molar-refractivity contribution in [3.8, 4) is 0 Å². The molecule has 2 unspecified atom stereocenters. The van der Waals surface area contributed by atoms with Gasteiger partial charge < -0.3 is 5.11 Å². The molecule has 0 saturated heterocycles. The molecule has 84 valence electrons. The Bertz CT molecular complexity index is 325.